The first-order valence-corrected chi connectivity index (χ1v) is 5.14. The van der Waals surface area contributed by atoms with Crippen LogP contribution in [0, 0.1) is 11.8 Å². The Morgan fingerprint density at radius 3 is 2.38 bits per heavy atom. The summed E-state index contributed by atoms with van der Waals surface area (Å²) in [6, 6.07) is -0.432. The molecule has 0 bridgehead atoms. The molecule has 1 aliphatic rings. The van der Waals surface area contributed by atoms with Gasteiger partial charge < -0.3 is 11.5 Å². The van der Waals surface area contributed by atoms with Crippen LogP contribution in [0.5, 0.6) is 0 Å². The van der Waals surface area contributed by atoms with Gasteiger partial charge in [-0.1, -0.05) is 32.6 Å². The zero-order valence-corrected chi connectivity index (χ0v) is 8.33. The van der Waals surface area contributed by atoms with E-state index in [1.165, 1.54) is 25.7 Å². The molecular weight excluding hydrogens is 164 g/mol. The second kappa shape index (κ2) is 4.61. The summed E-state index contributed by atoms with van der Waals surface area (Å²) in [5.41, 5.74) is 10.7. The average molecular weight is 184 g/mol. The molecule has 0 spiro atoms. The molecule has 1 aliphatic carbocycles. The van der Waals surface area contributed by atoms with Gasteiger partial charge in [0.1, 0.15) is 0 Å². The third kappa shape index (κ3) is 3.35. The van der Waals surface area contributed by atoms with Crippen LogP contribution in [0.4, 0.5) is 0 Å². The van der Waals surface area contributed by atoms with Crippen LogP contribution >= 0.6 is 0 Å². The van der Waals surface area contributed by atoms with E-state index in [0.29, 0.717) is 5.92 Å². The van der Waals surface area contributed by atoms with Crippen LogP contribution < -0.4 is 11.5 Å². The Labute approximate surface area is 79.9 Å². The molecule has 3 nitrogen and oxygen atoms in total. The van der Waals surface area contributed by atoms with E-state index in [0.717, 1.165) is 12.3 Å². The summed E-state index contributed by atoms with van der Waals surface area (Å²) in [6.45, 7) is 2.28. The van der Waals surface area contributed by atoms with E-state index in [1.54, 1.807) is 0 Å². The fourth-order valence-corrected chi connectivity index (χ4v) is 2.04. The van der Waals surface area contributed by atoms with Gasteiger partial charge in [-0.2, -0.15) is 0 Å². The highest BCUT2D eigenvalue weighted by Crippen LogP contribution is 2.30. The standard InChI is InChI=1S/C10H20N2O/c1-7-2-4-8(5-3-7)6-9(11)10(12)13/h7-9H,2-6,11H2,1H3,(H2,12,13). The van der Waals surface area contributed by atoms with Crippen molar-refractivity contribution < 1.29 is 4.79 Å². The van der Waals surface area contributed by atoms with Crippen molar-refractivity contribution in [1.82, 2.24) is 0 Å². The van der Waals surface area contributed by atoms with Crippen LogP contribution in [0.1, 0.15) is 39.0 Å². The van der Waals surface area contributed by atoms with Gasteiger partial charge in [-0.15, -0.1) is 0 Å². The predicted molar refractivity (Wildman–Crippen MR) is 52.9 cm³/mol. The Balaban J connectivity index is 2.26. The zero-order chi connectivity index (χ0) is 9.84. The third-order valence-corrected chi connectivity index (χ3v) is 3.09. The van der Waals surface area contributed by atoms with E-state index in [4.69, 9.17) is 11.5 Å². The van der Waals surface area contributed by atoms with Gasteiger partial charge in [0.2, 0.25) is 5.91 Å². The number of carbonyl (C=O) groups excluding carboxylic acids is 1. The molecule has 1 amide bonds. The van der Waals surface area contributed by atoms with E-state index >= 15 is 0 Å². The highest BCUT2D eigenvalue weighted by molar-refractivity contribution is 5.79. The Hall–Kier alpha value is -0.570. The quantitative estimate of drug-likeness (QED) is 0.687. The molecule has 4 N–H and O–H groups in total. The first-order valence-electron chi connectivity index (χ1n) is 5.14. The minimum atomic E-state index is -0.432. The van der Waals surface area contributed by atoms with Crippen LogP contribution in [-0.4, -0.2) is 11.9 Å². The lowest BCUT2D eigenvalue weighted by Crippen LogP contribution is -2.38. The molecule has 3 heteroatoms. The van der Waals surface area contributed by atoms with Gasteiger partial charge in [0.15, 0.2) is 0 Å². The zero-order valence-electron chi connectivity index (χ0n) is 8.33. The molecule has 76 valence electrons. The second-order valence-electron chi connectivity index (χ2n) is 4.37. The minimum absolute atomic E-state index is 0.362. The average Bonchev–Trinajstić information content (AvgIpc) is 2.08. The first-order chi connectivity index (χ1) is 6.09. The Morgan fingerprint density at radius 1 is 1.38 bits per heavy atom. The van der Waals surface area contributed by atoms with Gasteiger partial charge in [-0.3, -0.25) is 4.79 Å². The van der Waals surface area contributed by atoms with Crippen LogP contribution in [0.3, 0.4) is 0 Å². The van der Waals surface area contributed by atoms with Crippen molar-refractivity contribution >= 4 is 5.91 Å². The predicted octanol–water partition coefficient (Wildman–Crippen LogP) is 1.02. The molecule has 0 saturated heterocycles. The summed E-state index contributed by atoms with van der Waals surface area (Å²) in [4.78, 5) is 10.7. The topological polar surface area (TPSA) is 69.1 Å². The molecule has 0 aromatic heterocycles. The van der Waals surface area contributed by atoms with Crippen molar-refractivity contribution in [3.05, 3.63) is 0 Å². The van der Waals surface area contributed by atoms with Gasteiger partial charge in [-0.05, 0) is 18.3 Å². The van der Waals surface area contributed by atoms with E-state index < -0.39 is 6.04 Å². The summed E-state index contributed by atoms with van der Waals surface area (Å²) in [6.07, 6.45) is 5.75. The Bertz CT molecular complexity index is 174. The van der Waals surface area contributed by atoms with Crippen LogP contribution in [0.15, 0.2) is 0 Å². The maximum Gasteiger partial charge on any atom is 0.234 e. The number of carbonyl (C=O) groups is 1. The molecule has 13 heavy (non-hydrogen) atoms. The fourth-order valence-electron chi connectivity index (χ4n) is 2.04. The normalized spacial score (nSPS) is 31.2. The first kappa shape index (κ1) is 10.5. The molecule has 0 aromatic rings. The number of primary amides is 1. The summed E-state index contributed by atoms with van der Waals surface area (Å²) in [7, 11) is 0. The van der Waals surface area contributed by atoms with Crippen molar-refractivity contribution in [2.45, 2.75) is 45.1 Å². The number of nitrogens with two attached hydrogens (primary N) is 2. The smallest absolute Gasteiger partial charge is 0.234 e. The van der Waals surface area contributed by atoms with Gasteiger partial charge in [-0.25, -0.2) is 0 Å². The molecule has 0 aliphatic heterocycles. The van der Waals surface area contributed by atoms with Gasteiger partial charge >= 0.3 is 0 Å². The van der Waals surface area contributed by atoms with Crippen molar-refractivity contribution in [3.63, 3.8) is 0 Å². The molecule has 0 radical (unpaired) electrons. The van der Waals surface area contributed by atoms with E-state index in [2.05, 4.69) is 6.92 Å². The molecule has 1 atom stereocenters. The monoisotopic (exact) mass is 184 g/mol. The lowest BCUT2D eigenvalue weighted by Gasteiger charge is -2.27. The Kier molecular flexibility index (Phi) is 3.72. The van der Waals surface area contributed by atoms with Gasteiger partial charge in [0, 0.05) is 0 Å². The summed E-state index contributed by atoms with van der Waals surface area (Å²) < 4.78 is 0. The molecule has 0 heterocycles. The summed E-state index contributed by atoms with van der Waals surface area (Å²) in [5.74, 6) is 1.11. The molecule has 0 aromatic carbocycles. The largest absolute Gasteiger partial charge is 0.368 e. The van der Waals surface area contributed by atoms with Crippen molar-refractivity contribution in [2.24, 2.45) is 23.3 Å². The van der Waals surface area contributed by atoms with Crippen molar-refractivity contribution in [2.75, 3.05) is 0 Å². The number of amides is 1. The second-order valence-corrected chi connectivity index (χ2v) is 4.37. The summed E-state index contributed by atoms with van der Waals surface area (Å²) in [5, 5.41) is 0. The molecule has 1 saturated carbocycles. The lowest BCUT2D eigenvalue weighted by molar-refractivity contribution is -0.119. The van der Waals surface area contributed by atoms with Crippen LogP contribution in [-0.2, 0) is 4.79 Å². The number of rotatable bonds is 3. The summed E-state index contributed by atoms with van der Waals surface area (Å²) >= 11 is 0. The van der Waals surface area contributed by atoms with Crippen LogP contribution in [0.25, 0.3) is 0 Å². The minimum Gasteiger partial charge on any atom is -0.368 e. The van der Waals surface area contributed by atoms with E-state index in [1.807, 2.05) is 0 Å². The van der Waals surface area contributed by atoms with Crippen LogP contribution in [0.2, 0.25) is 0 Å². The molecule has 1 unspecified atom stereocenters. The number of hydrogen-bond donors (Lipinski definition) is 2. The third-order valence-electron chi connectivity index (χ3n) is 3.09. The molecular formula is C10H20N2O. The Morgan fingerprint density at radius 2 is 1.92 bits per heavy atom. The van der Waals surface area contributed by atoms with Crippen molar-refractivity contribution in [3.8, 4) is 0 Å². The molecule has 1 fully saturated rings. The van der Waals surface area contributed by atoms with Crippen molar-refractivity contribution in [1.29, 1.82) is 0 Å². The van der Waals surface area contributed by atoms with Gasteiger partial charge in [0.05, 0.1) is 6.04 Å². The maximum absolute atomic E-state index is 10.7. The highest BCUT2D eigenvalue weighted by atomic mass is 16.1. The maximum atomic E-state index is 10.7. The fraction of sp³-hybridized carbons (Fsp3) is 0.900. The van der Waals surface area contributed by atoms with E-state index in [9.17, 15) is 4.79 Å². The highest BCUT2D eigenvalue weighted by Gasteiger charge is 2.22. The molecule has 1 rings (SSSR count). The van der Waals surface area contributed by atoms with E-state index in [-0.39, 0.29) is 5.91 Å². The number of hydrogen-bond acceptors (Lipinski definition) is 2. The SMILES string of the molecule is CC1CCC(CC(N)C(N)=O)CC1. The van der Waals surface area contributed by atoms with Gasteiger partial charge in [0.25, 0.3) is 0 Å². The lowest BCUT2D eigenvalue weighted by atomic mass is 9.80.